The fraction of sp³-hybridized carbons (Fsp3) is 0.625. The van der Waals surface area contributed by atoms with Gasteiger partial charge in [-0.05, 0) is 50.3 Å². The van der Waals surface area contributed by atoms with Gasteiger partial charge in [0.15, 0.2) is 0 Å². The predicted molar refractivity (Wildman–Crippen MR) is 73.8 cm³/mol. The van der Waals surface area contributed by atoms with Crippen LogP contribution in [0.1, 0.15) is 51.5 Å². The van der Waals surface area contributed by atoms with Gasteiger partial charge in [0, 0.05) is 0 Å². The van der Waals surface area contributed by atoms with Crippen molar-refractivity contribution in [2.24, 2.45) is 0 Å². The van der Waals surface area contributed by atoms with E-state index in [1.807, 2.05) is 12.1 Å². The zero-order valence-electron chi connectivity index (χ0n) is 11.5. The Kier molecular flexibility index (Phi) is 4.28. The molecule has 1 aliphatic carbocycles. The van der Waals surface area contributed by atoms with Crippen LogP contribution in [0.15, 0.2) is 24.3 Å². The van der Waals surface area contributed by atoms with Crippen molar-refractivity contribution in [3.63, 3.8) is 0 Å². The van der Waals surface area contributed by atoms with Crippen molar-refractivity contribution in [1.82, 2.24) is 0 Å². The smallest absolute Gasteiger partial charge is 0.115 e. The van der Waals surface area contributed by atoms with Crippen molar-refractivity contribution in [2.45, 2.75) is 64.1 Å². The van der Waals surface area contributed by atoms with Gasteiger partial charge >= 0.3 is 0 Å². The lowest BCUT2D eigenvalue weighted by molar-refractivity contribution is -0.0846. The number of hydrogen-bond donors (Lipinski definition) is 1. The van der Waals surface area contributed by atoms with E-state index in [1.54, 1.807) is 12.1 Å². The van der Waals surface area contributed by atoms with E-state index in [0.29, 0.717) is 5.75 Å². The first-order valence-electron chi connectivity index (χ1n) is 7.09. The molecule has 1 aromatic rings. The molecule has 1 unspecified atom stereocenters. The second-order valence-corrected chi connectivity index (χ2v) is 5.54. The lowest BCUT2D eigenvalue weighted by Crippen LogP contribution is -2.33. The predicted octanol–water partition coefficient (Wildman–Crippen LogP) is 4.06. The summed E-state index contributed by atoms with van der Waals surface area (Å²) in [5.41, 5.74) is 1.36. The number of aromatic hydroxyl groups is 1. The van der Waals surface area contributed by atoms with E-state index in [4.69, 9.17) is 4.74 Å². The summed E-state index contributed by atoms with van der Waals surface area (Å²) in [6.45, 7) is 4.39. The molecule has 2 rings (SSSR count). The van der Waals surface area contributed by atoms with E-state index in [2.05, 4.69) is 13.8 Å². The molecule has 1 aliphatic rings. The Morgan fingerprint density at radius 1 is 1.22 bits per heavy atom. The molecule has 1 saturated carbocycles. The van der Waals surface area contributed by atoms with Crippen molar-refractivity contribution in [3.8, 4) is 5.75 Å². The Labute approximate surface area is 110 Å². The first-order valence-corrected chi connectivity index (χ1v) is 7.09. The van der Waals surface area contributed by atoms with Gasteiger partial charge in [0.05, 0.1) is 11.7 Å². The minimum atomic E-state index is 0.135. The Bertz CT molecular complexity index is 363. The lowest BCUT2D eigenvalue weighted by atomic mass is 9.98. The van der Waals surface area contributed by atoms with Gasteiger partial charge in [-0.3, -0.25) is 0 Å². The molecule has 0 bridgehead atoms. The average molecular weight is 248 g/mol. The molecule has 1 fully saturated rings. The van der Waals surface area contributed by atoms with E-state index >= 15 is 0 Å². The van der Waals surface area contributed by atoms with Crippen LogP contribution in [0.3, 0.4) is 0 Å². The fourth-order valence-electron chi connectivity index (χ4n) is 3.01. The molecular weight excluding hydrogens is 224 g/mol. The van der Waals surface area contributed by atoms with Crippen LogP contribution in [0.2, 0.25) is 0 Å². The highest BCUT2D eigenvalue weighted by molar-refractivity contribution is 5.26. The van der Waals surface area contributed by atoms with Gasteiger partial charge in [-0.15, -0.1) is 0 Å². The third-order valence-corrected chi connectivity index (χ3v) is 4.07. The normalized spacial score (nSPS) is 19.9. The lowest BCUT2D eigenvalue weighted by Gasteiger charge is -2.31. The van der Waals surface area contributed by atoms with E-state index in [0.717, 1.165) is 12.8 Å². The molecule has 1 atom stereocenters. The fourth-order valence-corrected chi connectivity index (χ4v) is 3.01. The van der Waals surface area contributed by atoms with Gasteiger partial charge in [-0.25, -0.2) is 0 Å². The molecular formula is C16H24O2. The SMILES string of the molecule is CCC1(OC(C)Cc2ccc(O)cc2)CCCC1. The highest BCUT2D eigenvalue weighted by Gasteiger charge is 2.34. The monoisotopic (exact) mass is 248 g/mol. The maximum absolute atomic E-state index is 9.27. The van der Waals surface area contributed by atoms with Gasteiger partial charge in [0.1, 0.15) is 5.75 Å². The molecule has 1 aromatic carbocycles. The van der Waals surface area contributed by atoms with Gasteiger partial charge in [-0.2, -0.15) is 0 Å². The molecule has 2 nitrogen and oxygen atoms in total. The second kappa shape index (κ2) is 5.75. The molecule has 0 radical (unpaired) electrons. The Hall–Kier alpha value is -1.02. The topological polar surface area (TPSA) is 29.5 Å². The molecule has 18 heavy (non-hydrogen) atoms. The summed E-state index contributed by atoms with van der Waals surface area (Å²) in [6, 6.07) is 7.44. The summed E-state index contributed by atoms with van der Waals surface area (Å²) in [6.07, 6.45) is 7.31. The molecule has 0 aliphatic heterocycles. The third kappa shape index (κ3) is 3.26. The summed E-state index contributed by atoms with van der Waals surface area (Å²) < 4.78 is 6.32. The number of rotatable bonds is 5. The number of benzene rings is 1. The third-order valence-electron chi connectivity index (χ3n) is 4.07. The number of ether oxygens (including phenoxy) is 1. The van der Waals surface area contributed by atoms with Crippen molar-refractivity contribution < 1.29 is 9.84 Å². The molecule has 0 spiro atoms. The van der Waals surface area contributed by atoms with Crippen LogP contribution >= 0.6 is 0 Å². The Morgan fingerprint density at radius 2 is 1.83 bits per heavy atom. The first kappa shape index (κ1) is 13.4. The zero-order valence-corrected chi connectivity index (χ0v) is 11.5. The molecule has 0 heterocycles. The number of phenols is 1. The maximum Gasteiger partial charge on any atom is 0.115 e. The van der Waals surface area contributed by atoms with Crippen LogP contribution in [-0.2, 0) is 11.2 Å². The summed E-state index contributed by atoms with van der Waals surface area (Å²) in [7, 11) is 0. The van der Waals surface area contributed by atoms with Crippen LogP contribution in [0.25, 0.3) is 0 Å². The Morgan fingerprint density at radius 3 is 2.39 bits per heavy atom. The second-order valence-electron chi connectivity index (χ2n) is 5.54. The maximum atomic E-state index is 9.27. The largest absolute Gasteiger partial charge is 0.508 e. The Balaban J connectivity index is 1.91. The number of phenolic OH excluding ortho intramolecular Hbond substituents is 1. The highest BCUT2D eigenvalue weighted by atomic mass is 16.5. The molecule has 0 saturated heterocycles. The van der Waals surface area contributed by atoms with Gasteiger partial charge in [0.25, 0.3) is 0 Å². The van der Waals surface area contributed by atoms with E-state index in [-0.39, 0.29) is 11.7 Å². The molecule has 100 valence electrons. The highest BCUT2D eigenvalue weighted by Crippen LogP contribution is 2.37. The van der Waals surface area contributed by atoms with Crippen LogP contribution < -0.4 is 0 Å². The summed E-state index contributed by atoms with van der Waals surface area (Å²) >= 11 is 0. The van der Waals surface area contributed by atoms with E-state index in [9.17, 15) is 5.11 Å². The molecule has 0 amide bonds. The van der Waals surface area contributed by atoms with E-state index < -0.39 is 0 Å². The average Bonchev–Trinajstić information content (AvgIpc) is 2.81. The zero-order chi connectivity index (χ0) is 13.0. The summed E-state index contributed by atoms with van der Waals surface area (Å²) in [5.74, 6) is 0.327. The van der Waals surface area contributed by atoms with Crippen LogP contribution in [0, 0.1) is 0 Å². The van der Waals surface area contributed by atoms with Gasteiger partial charge in [0.2, 0.25) is 0 Å². The van der Waals surface area contributed by atoms with Crippen LogP contribution in [-0.4, -0.2) is 16.8 Å². The van der Waals surface area contributed by atoms with Gasteiger partial charge in [-0.1, -0.05) is 31.9 Å². The molecule has 1 N–H and O–H groups in total. The molecule has 0 aromatic heterocycles. The summed E-state index contributed by atoms with van der Waals surface area (Å²) in [4.78, 5) is 0. The van der Waals surface area contributed by atoms with Crippen LogP contribution in [0.5, 0.6) is 5.75 Å². The minimum absolute atomic E-state index is 0.135. The quantitative estimate of drug-likeness (QED) is 0.851. The van der Waals surface area contributed by atoms with Crippen LogP contribution in [0.4, 0.5) is 0 Å². The van der Waals surface area contributed by atoms with Crippen molar-refractivity contribution in [3.05, 3.63) is 29.8 Å². The standard InChI is InChI=1S/C16H24O2/c1-3-16(10-4-5-11-16)18-13(2)12-14-6-8-15(17)9-7-14/h6-9,13,17H,3-5,10-12H2,1-2H3. The number of hydrogen-bond acceptors (Lipinski definition) is 2. The summed E-state index contributed by atoms with van der Waals surface area (Å²) in [5, 5.41) is 9.27. The van der Waals surface area contributed by atoms with Crippen molar-refractivity contribution in [1.29, 1.82) is 0 Å². The first-order chi connectivity index (χ1) is 8.63. The van der Waals surface area contributed by atoms with Gasteiger partial charge < -0.3 is 9.84 Å². The van der Waals surface area contributed by atoms with E-state index in [1.165, 1.54) is 31.2 Å². The van der Waals surface area contributed by atoms with Crippen molar-refractivity contribution >= 4 is 0 Å². The minimum Gasteiger partial charge on any atom is -0.508 e. The van der Waals surface area contributed by atoms with Crippen molar-refractivity contribution in [2.75, 3.05) is 0 Å². The molecule has 2 heteroatoms.